The summed E-state index contributed by atoms with van der Waals surface area (Å²) in [7, 11) is 0. The lowest BCUT2D eigenvalue weighted by molar-refractivity contribution is -0.120. The smallest absolute Gasteiger partial charge is 0.224 e. The Morgan fingerprint density at radius 3 is 2.68 bits per heavy atom. The number of para-hydroxylation sites is 1. The number of nitrogens with one attached hydrogen (secondary N) is 2. The highest BCUT2D eigenvalue weighted by molar-refractivity contribution is 5.88. The number of H-pyrrole nitrogens is 1. The number of fused-ring (bicyclic) bond motifs is 1. The van der Waals surface area contributed by atoms with Crippen LogP contribution in [0.1, 0.15) is 16.7 Å². The highest BCUT2D eigenvalue weighted by atomic mass is 16.1. The minimum Gasteiger partial charge on any atom is -0.361 e. The van der Waals surface area contributed by atoms with Crippen molar-refractivity contribution in [3.63, 3.8) is 0 Å². The van der Waals surface area contributed by atoms with Crippen molar-refractivity contribution < 1.29 is 4.79 Å². The third-order valence-electron chi connectivity index (χ3n) is 3.60. The number of aromatic nitrogens is 1. The number of nitriles is 1. The minimum atomic E-state index is -0.0193. The largest absolute Gasteiger partial charge is 0.361 e. The van der Waals surface area contributed by atoms with Crippen LogP contribution in [0.2, 0.25) is 0 Å². The number of hydrogen-bond acceptors (Lipinski definition) is 2. The summed E-state index contributed by atoms with van der Waals surface area (Å²) in [5.41, 5.74) is 3.63. The summed E-state index contributed by atoms with van der Waals surface area (Å²) in [5.74, 6) is -0.0193. The maximum absolute atomic E-state index is 12.1. The van der Waals surface area contributed by atoms with Gasteiger partial charge in [0.25, 0.3) is 0 Å². The number of carbonyl (C=O) groups excluding carboxylic acids is 1. The van der Waals surface area contributed by atoms with Gasteiger partial charge in [-0.25, -0.2) is 0 Å². The molecule has 3 aromatic rings. The van der Waals surface area contributed by atoms with Crippen LogP contribution in [-0.2, 0) is 17.8 Å². The molecule has 0 radical (unpaired) electrons. The molecule has 1 heterocycles. The molecular formula is C18H15N3O. The second kappa shape index (κ2) is 6.15. The molecule has 0 aliphatic heterocycles. The predicted octanol–water partition coefficient (Wildman–Crippen LogP) is 2.90. The van der Waals surface area contributed by atoms with Gasteiger partial charge in [-0.1, -0.05) is 30.3 Å². The number of benzene rings is 2. The molecular weight excluding hydrogens is 274 g/mol. The maximum Gasteiger partial charge on any atom is 0.224 e. The molecule has 0 atom stereocenters. The zero-order chi connectivity index (χ0) is 15.4. The summed E-state index contributed by atoms with van der Waals surface area (Å²) in [4.78, 5) is 15.2. The Morgan fingerprint density at radius 1 is 1.14 bits per heavy atom. The third-order valence-corrected chi connectivity index (χ3v) is 3.60. The van der Waals surface area contributed by atoms with Crippen molar-refractivity contribution in [2.24, 2.45) is 0 Å². The van der Waals surface area contributed by atoms with E-state index in [2.05, 4.69) is 16.4 Å². The zero-order valence-electron chi connectivity index (χ0n) is 12.0. The van der Waals surface area contributed by atoms with Gasteiger partial charge in [-0.15, -0.1) is 0 Å². The fourth-order valence-corrected chi connectivity index (χ4v) is 2.41. The van der Waals surface area contributed by atoms with E-state index in [1.54, 1.807) is 12.1 Å². The summed E-state index contributed by atoms with van der Waals surface area (Å²) >= 11 is 0. The lowest BCUT2D eigenvalue weighted by Gasteiger charge is -2.05. The number of amides is 1. The molecule has 0 aliphatic carbocycles. The van der Waals surface area contributed by atoms with Crippen LogP contribution in [0.4, 0.5) is 0 Å². The highest BCUT2D eigenvalue weighted by Gasteiger charge is 2.08. The number of rotatable bonds is 4. The molecule has 0 spiro atoms. The van der Waals surface area contributed by atoms with Crippen LogP contribution in [0.5, 0.6) is 0 Å². The molecule has 0 fully saturated rings. The molecule has 2 N–H and O–H groups in total. The molecule has 0 saturated heterocycles. The van der Waals surface area contributed by atoms with Gasteiger partial charge in [0.1, 0.15) is 0 Å². The van der Waals surface area contributed by atoms with Crippen molar-refractivity contribution in [2.45, 2.75) is 13.0 Å². The molecule has 0 aliphatic rings. The zero-order valence-corrected chi connectivity index (χ0v) is 12.0. The molecule has 2 aromatic carbocycles. The fourth-order valence-electron chi connectivity index (χ4n) is 2.41. The Morgan fingerprint density at radius 2 is 1.91 bits per heavy atom. The van der Waals surface area contributed by atoms with Crippen molar-refractivity contribution in [1.29, 1.82) is 5.26 Å². The van der Waals surface area contributed by atoms with Gasteiger partial charge in [0.15, 0.2) is 0 Å². The average molecular weight is 289 g/mol. The monoisotopic (exact) mass is 289 g/mol. The first-order chi connectivity index (χ1) is 10.8. The van der Waals surface area contributed by atoms with Gasteiger partial charge in [-0.3, -0.25) is 4.79 Å². The predicted molar refractivity (Wildman–Crippen MR) is 85.0 cm³/mol. The summed E-state index contributed by atoms with van der Waals surface area (Å²) in [5, 5.41) is 12.7. The molecule has 0 unspecified atom stereocenters. The Bertz CT molecular complexity index is 841. The van der Waals surface area contributed by atoms with Crippen LogP contribution >= 0.6 is 0 Å². The lowest BCUT2D eigenvalue weighted by atomic mass is 10.1. The van der Waals surface area contributed by atoms with Crippen LogP contribution in [0, 0.1) is 11.3 Å². The van der Waals surface area contributed by atoms with E-state index in [1.165, 1.54) is 0 Å². The van der Waals surface area contributed by atoms with Gasteiger partial charge in [0.05, 0.1) is 18.1 Å². The van der Waals surface area contributed by atoms with E-state index in [9.17, 15) is 4.79 Å². The first kappa shape index (κ1) is 13.9. The molecule has 1 amide bonds. The first-order valence-electron chi connectivity index (χ1n) is 7.07. The number of aromatic amines is 1. The van der Waals surface area contributed by atoms with Crippen LogP contribution in [0.25, 0.3) is 10.9 Å². The topological polar surface area (TPSA) is 68.7 Å². The van der Waals surface area contributed by atoms with Crippen LogP contribution in [-0.4, -0.2) is 10.9 Å². The standard InChI is InChI=1S/C18H15N3O/c19-10-13-5-7-14(8-6-13)11-21-18(22)9-15-12-20-17-4-2-1-3-16(15)17/h1-8,12,20H,9,11H2,(H,21,22). The lowest BCUT2D eigenvalue weighted by Crippen LogP contribution is -2.24. The summed E-state index contributed by atoms with van der Waals surface area (Å²) in [6.07, 6.45) is 2.23. The molecule has 3 rings (SSSR count). The van der Waals surface area contributed by atoms with Crippen molar-refractivity contribution in [3.05, 3.63) is 71.4 Å². The van der Waals surface area contributed by atoms with Crippen molar-refractivity contribution in [1.82, 2.24) is 10.3 Å². The normalized spacial score (nSPS) is 10.3. The van der Waals surface area contributed by atoms with Gasteiger partial charge in [-0.05, 0) is 29.3 Å². The quantitative estimate of drug-likeness (QED) is 0.775. The molecule has 0 bridgehead atoms. The fraction of sp³-hybridized carbons (Fsp3) is 0.111. The number of hydrogen-bond donors (Lipinski definition) is 2. The molecule has 0 saturated carbocycles. The second-order valence-corrected chi connectivity index (χ2v) is 5.12. The van der Waals surface area contributed by atoms with Gasteiger partial charge in [-0.2, -0.15) is 5.26 Å². The van der Waals surface area contributed by atoms with Crippen molar-refractivity contribution in [2.75, 3.05) is 0 Å². The SMILES string of the molecule is N#Cc1ccc(CNC(=O)Cc2c[nH]c3ccccc23)cc1. The highest BCUT2D eigenvalue weighted by Crippen LogP contribution is 2.18. The van der Waals surface area contributed by atoms with Crippen LogP contribution in [0.3, 0.4) is 0 Å². The molecule has 1 aromatic heterocycles. The van der Waals surface area contributed by atoms with Crippen LogP contribution < -0.4 is 5.32 Å². The van der Waals surface area contributed by atoms with E-state index in [0.717, 1.165) is 22.0 Å². The summed E-state index contributed by atoms with van der Waals surface area (Å²) in [6, 6.07) is 17.2. The second-order valence-electron chi connectivity index (χ2n) is 5.12. The van der Waals surface area contributed by atoms with E-state index in [1.807, 2.05) is 42.6 Å². The Labute approximate surface area is 128 Å². The molecule has 4 heteroatoms. The molecule has 108 valence electrons. The Balaban J connectivity index is 1.61. The van der Waals surface area contributed by atoms with Crippen molar-refractivity contribution in [3.8, 4) is 6.07 Å². The van der Waals surface area contributed by atoms with Crippen molar-refractivity contribution >= 4 is 16.8 Å². The number of carbonyl (C=O) groups is 1. The van der Waals surface area contributed by atoms with Crippen LogP contribution in [0.15, 0.2) is 54.7 Å². The van der Waals surface area contributed by atoms with E-state index in [-0.39, 0.29) is 5.91 Å². The Hall–Kier alpha value is -3.06. The Kier molecular flexibility index (Phi) is 3.88. The third kappa shape index (κ3) is 2.99. The average Bonchev–Trinajstić information content (AvgIpc) is 2.97. The molecule has 4 nitrogen and oxygen atoms in total. The van der Waals surface area contributed by atoms with E-state index in [4.69, 9.17) is 5.26 Å². The van der Waals surface area contributed by atoms with Gasteiger partial charge in [0, 0.05) is 23.6 Å². The van der Waals surface area contributed by atoms with Gasteiger partial charge < -0.3 is 10.3 Å². The minimum absolute atomic E-state index is 0.0193. The molecule has 22 heavy (non-hydrogen) atoms. The van der Waals surface area contributed by atoms with Gasteiger partial charge >= 0.3 is 0 Å². The summed E-state index contributed by atoms with van der Waals surface area (Å²) < 4.78 is 0. The first-order valence-corrected chi connectivity index (χ1v) is 7.07. The van der Waals surface area contributed by atoms with E-state index >= 15 is 0 Å². The number of nitrogens with zero attached hydrogens (tertiary/aromatic N) is 1. The maximum atomic E-state index is 12.1. The van der Waals surface area contributed by atoms with Gasteiger partial charge in [0.2, 0.25) is 5.91 Å². The van der Waals surface area contributed by atoms with E-state index in [0.29, 0.717) is 18.5 Å². The summed E-state index contributed by atoms with van der Waals surface area (Å²) in [6.45, 7) is 0.465. The van der Waals surface area contributed by atoms with E-state index < -0.39 is 0 Å².